The minimum atomic E-state index is -0.902. The Balaban J connectivity index is 1.97. The predicted molar refractivity (Wildman–Crippen MR) is 96.3 cm³/mol. The number of rotatable bonds is 6. The summed E-state index contributed by atoms with van der Waals surface area (Å²) in [6.45, 7) is 1.97. The molecule has 0 radical (unpaired) electrons. The van der Waals surface area contributed by atoms with Gasteiger partial charge in [-0.3, -0.25) is 14.6 Å². The molecule has 1 aromatic heterocycles. The van der Waals surface area contributed by atoms with Gasteiger partial charge in [0.05, 0.1) is 6.61 Å². The Kier molecular flexibility index (Phi) is 5.19. The molecule has 4 heteroatoms. The van der Waals surface area contributed by atoms with Crippen LogP contribution in [0, 0.1) is 5.92 Å². The fourth-order valence-electron chi connectivity index (χ4n) is 2.87. The van der Waals surface area contributed by atoms with E-state index in [1.165, 1.54) is 0 Å². The van der Waals surface area contributed by atoms with Crippen LogP contribution in [-0.4, -0.2) is 23.3 Å². The molecule has 0 aliphatic heterocycles. The van der Waals surface area contributed by atoms with E-state index in [0.717, 1.165) is 16.5 Å². The summed E-state index contributed by atoms with van der Waals surface area (Å²) in [7, 11) is 0. The second kappa shape index (κ2) is 7.71. The first-order valence-electron chi connectivity index (χ1n) is 8.29. The van der Waals surface area contributed by atoms with Crippen LogP contribution in [0.4, 0.5) is 0 Å². The molecule has 0 saturated heterocycles. The maximum atomic E-state index is 12.9. The quantitative estimate of drug-likeness (QED) is 0.391. The van der Waals surface area contributed by atoms with Gasteiger partial charge in [0.2, 0.25) is 0 Å². The number of pyridine rings is 1. The van der Waals surface area contributed by atoms with Crippen molar-refractivity contribution in [3.63, 3.8) is 0 Å². The molecule has 3 aromatic rings. The summed E-state index contributed by atoms with van der Waals surface area (Å²) in [6.07, 6.45) is 1.92. The Morgan fingerprint density at radius 1 is 1.00 bits per heavy atom. The van der Waals surface area contributed by atoms with Crippen LogP contribution in [0.5, 0.6) is 0 Å². The minimum absolute atomic E-state index is 0.216. The van der Waals surface area contributed by atoms with Crippen molar-refractivity contribution in [2.24, 2.45) is 5.92 Å². The molecule has 0 unspecified atom stereocenters. The molecular weight excluding hydrogens is 314 g/mol. The van der Waals surface area contributed by atoms with Gasteiger partial charge in [-0.1, -0.05) is 54.6 Å². The lowest BCUT2D eigenvalue weighted by Crippen LogP contribution is -2.28. The number of carbonyl (C=O) groups is 2. The van der Waals surface area contributed by atoms with Crippen LogP contribution in [-0.2, 0) is 16.0 Å². The van der Waals surface area contributed by atoms with Crippen molar-refractivity contribution >= 4 is 22.5 Å². The zero-order valence-electron chi connectivity index (χ0n) is 14.0. The van der Waals surface area contributed by atoms with Gasteiger partial charge in [0.25, 0.3) is 0 Å². The lowest BCUT2D eigenvalue weighted by Gasteiger charge is -2.15. The zero-order valence-corrected chi connectivity index (χ0v) is 14.0. The summed E-state index contributed by atoms with van der Waals surface area (Å²) in [6, 6.07) is 18.6. The van der Waals surface area contributed by atoms with E-state index in [-0.39, 0.29) is 18.8 Å². The molecular formula is C21H19NO3. The van der Waals surface area contributed by atoms with Gasteiger partial charge in [0, 0.05) is 29.3 Å². The Morgan fingerprint density at radius 3 is 2.48 bits per heavy atom. The van der Waals surface area contributed by atoms with Gasteiger partial charge in [-0.15, -0.1) is 0 Å². The number of hydrogen-bond donors (Lipinski definition) is 0. The number of ether oxygens (including phenoxy) is 1. The standard InChI is InChI=1S/C21H19NO3/c1-2-25-21(24)18(20(23)16-9-4-3-5-10-16)14-19-17-11-7-6-8-15(17)12-13-22-19/h3-13,18H,2,14H2,1H3/t18-/m1/s1. The van der Waals surface area contributed by atoms with Crippen molar-refractivity contribution in [1.82, 2.24) is 4.98 Å². The number of Topliss-reactive ketones (excluding diaryl/α,β-unsaturated/α-hetero) is 1. The number of carbonyl (C=O) groups excluding carboxylic acids is 2. The number of nitrogens with zero attached hydrogens (tertiary/aromatic N) is 1. The number of ketones is 1. The fraction of sp³-hybridized carbons (Fsp3) is 0.190. The molecule has 0 aliphatic carbocycles. The van der Waals surface area contributed by atoms with Crippen LogP contribution in [0.15, 0.2) is 66.9 Å². The maximum Gasteiger partial charge on any atom is 0.317 e. The SMILES string of the molecule is CCOC(=O)[C@H](Cc1nccc2ccccc12)C(=O)c1ccccc1. The summed E-state index contributed by atoms with van der Waals surface area (Å²) in [4.78, 5) is 29.7. The molecule has 0 bridgehead atoms. The molecule has 0 aliphatic rings. The number of esters is 1. The highest BCUT2D eigenvalue weighted by Gasteiger charge is 2.30. The van der Waals surface area contributed by atoms with Crippen LogP contribution in [0.25, 0.3) is 10.8 Å². The third-order valence-electron chi connectivity index (χ3n) is 4.10. The maximum absolute atomic E-state index is 12.9. The first kappa shape index (κ1) is 16.8. The summed E-state index contributed by atoms with van der Waals surface area (Å²) in [5, 5.41) is 1.97. The van der Waals surface area contributed by atoms with Crippen molar-refractivity contribution in [3.8, 4) is 0 Å². The van der Waals surface area contributed by atoms with Crippen LogP contribution in [0.3, 0.4) is 0 Å². The van der Waals surface area contributed by atoms with Crippen LogP contribution >= 0.6 is 0 Å². The van der Waals surface area contributed by atoms with Gasteiger partial charge in [-0.25, -0.2) is 0 Å². The van der Waals surface area contributed by atoms with Crippen molar-refractivity contribution in [1.29, 1.82) is 0 Å². The highest BCUT2D eigenvalue weighted by Crippen LogP contribution is 2.22. The number of hydrogen-bond acceptors (Lipinski definition) is 4. The summed E-state index contributed by atoms with van der Waals surface area (Å²) in [5.41, 5.74) is 1.22. The first-order chi connectivity index (χ1) is 12.2. The topological polar surface area (TPSA) is 56.3 Å². The number of fused-ring (bicyclic) bond motifs is 1. The second-order valence-corrected chi connectivity index (χ2v) is 5.72. The highest BCUT2D eigenvalue weighted by molar-refractivity contribution is 6.09. The average Bonchev–Trinajstić information content (AvgIpc) is 2.66. The number of aromatic nitrogens is 1. The third kappa shape index (κ3) is 3.74. The lowest BCUT2D eigenvalue weighted by atomic mass is 9.91. The van der Waals surface area contributed by atoms with Crippen molar-refractivity contribution in [2.45, 2.75) is 13.3 Å². The molecule has 1 heterocycles. The van der Waals surface area contributed by atoms with E-state index >= 15 is 0 Å². The van der Waals surface area contributed by atoms with E-state index in [1.807, 2.05) is 36.4 Å². The Labute approximate surface area is 146 Å². The van der Waals surface area contributed by atoms with Crippen molar-refractivity contribution < 1.29 is 14.3 Å². The van der Waals surface area contributed by atoms with E-state index in [2.05, 4.69) is 4.98 Å². The average molecular weight is 333 g/mol. The fourth-order valence-corrected chi connectivity index (χ4v) is 2.87. The first-order valence-corrected chi connectivity index (χ1v) is 8.29. The van der Waals surface area contributed by atoms with Crippen molar-refractivity contribution in [3.05, 3.63) is 78.1 Å². The smallest absolute Gasteiger partial charge is 0.317 e. The molecule has 0 spiro atoms. The molecule has 3 rings (SSSR count). The lowest BCUT2D eigenvalue weighted by molar-refractivity contribution is -0.146. The van der Waals surface area contributed by atoms with Crippen molar-refractivity contribution in [2.75, 3.05) is 6.61 Å². The van der Waals surface area contributed by atoms with Gasteiger partial charge >= 0.3 is 5.97 Å². The Morgan fingerprint density at radius 2 is 1.72 bits per heavy atom. The summed E-state index contributed by atoms with van der Waals surface area (Å²) in [5.74, 6) is -1.65. The second-order valence-electron chi connectivity index (χ2n) is 5.72. The van der Waals surface area contributed by atoms with E-state index < -0.39 is 11.9 Å². The Bertz CT molecular complexity index is 885. The predicted octanol–water partition coefficient (Wildman–Crippen LogP) is 3.84. The molecule has 0 N–H and O–H groups in total. The molecule has 2 aromatic carbocycles. The Hall–Kier alpha value is -3.01. The van der Waals surface area contributed by atoms with E-state index in [0.29, 0.717) is 5.56 Å². The van der Waals surface area contributed by atoms with Crippen LogP contribution in [0.1, 0.15) is 23.0 Å². The molecule has 0 fully saturated rings. The zero-order chi connectivity index (χ0) is 17.6. The molecule has 1 atom stereocenters. The minimum Gasteiger partial charge on any atom is -0.465 e. The highest BCUT2D eigenvalue weighted by atomic mass is 16.5. The normalized spacial score (nSPS) is 11.9. The van der Waals surface area contributed by atoms with Crippen LogP contribution in [0.2, 0.25) is 0 Å². The monoisotopic (exact) mass is 333 g/mol. The van der Waals surface area contributed by atoms with Gasteiger partial charge in [-0.2, -0.15) is 0 Å². The van der Waals surface area contributed by atoms with Gasteiger partial charge in [-0.05, 0) is 18.4 Å². The summed E-state index contributed by atoms with van der Waals surface area (Å²) >= 11 is 0. The number of benzene rings is 2. The van der Waals surface area contributed by atoms with E-state index in [1.54, 1.807) is 37.4 Å². The van der Waals surface area contributed by atoms with Gasteiger partial charge in [0.15, 0.2) is 5.78 Å². The molecule has 4 nitrogen and oxygen atoms in total. The summed E-state index contributed by atoms with van der Waals surface area (Å²) < 4.78 is 5.14. The molecule has 0 amide bonds. The van der Waals surface area contributed by atoms with Gasteiger partial charge in [0.1, 0.15) is 5.92 Å². The molecule has 126 valence electrons. The molecule has 0 saturated carbocycles. The van der Waals surface area contributed by atoms with E-state index in [9.17, 15) is 9.59 Å². The largest absolute Gasteiger partial charge is 0.465 e. The third-order valence-corrected chi connectivity index (χ3v) is 4.10. The van der Waals surface area contributed by atoms with Crippen LogP contribution < -0.4 is 0 Å². The van der Waals surface area contributed by atoms with Gasteiger partial charge < -0.3 is 4.74 Å². The molecule has 25 heavy (non-hydrogen) atoms. The van der Waals surface area contributed by atoms with E-state index in [4.69, 9.17) is 4.74 Å².